The van der Waals surface area contributed by atoms with E-state index in [9.17, 15) is 14.9 Å². The Hall–Kier alpha value is -2.65. The molecule has 148 valence electrons. The number of ether oxygens (including phenoxy) is 2. The largest absolute Gasteiger partial charge is 0.493 e. The molecule has 1 aliphatic heterocycles. The third-order valence-corrected chi connectivity index (χ3v) is 4.89. The molecule has 3 rings (SSSR count). The van der Waals surface area contributed by atoms with Crippen LogP contribution in [0.15, 0.2) is 40.9 Å². The Kier molecular flexibility index (Phi) is 6.48. The molecular weight excluding hydrogens is 430 g/mol. The van der Waals surface area contributed by atoms with Gasteiger partial charge in [0.2, 0.25) is 0 Å². The van der Waals surface area contributed by atoms with Crippen molar-refractivity contribution in [3.05, 3.63) is 62.1 Å². The molecular formula is C19H20BrN3O5. The lowest BCUT2D eigenvalue weighted by molar-refractivity contribution is -0.384. The lowest BCUT2D eigenvalue weighted by Gasteiger charge is -2.27. The quantitative estimate of drug-likeness (QED) is 0.379. The number of carbonyl (C=O) groups excluding carboxylic acids is 1. The minimum atomic E-state index is -0.507. The van der Waals surface area contributed by atoms with Crippen LogP contribution in [0.3, 0.4) is 0 Å². The van der Waals surface area contributed by atoms with Gasteiger partial charge in [-0.15, -0.1) is 0 Å². The Morgan fingerprint density at radius 2 is 2.18 bits per heavy atom. The van der Waals surface area contributed by atoms with Crippen LogP contribution < -0.4 is 15.4 Å². The van der Waals surface area contributed by atoms with Crippen molar-refractivity contribution in [3.8, 4) is 5.75 Å². The standard InChI is InChI=1S/C19H20BrN3O5/c1-27-9-7-21-16-4-2-12(10-17(16)23(25)26)19(24)22-15-6-8-28-18-5-3-13(20)11-14(15)18/h2-5,10-11,15,21H,6-9H2,1H3,(H,22,24). The van der Waals surface area contributed by atoms with Gasteiger partial charge in [0.05, 0.1) is 24.2 Å². The second-order valence-corrected chi connectivity index (χ2v) is 7.17. The Balaban J connectivity index is 1.79. The molecule has 0 radical (unpaired) electrons. The van der Waals surface area contributed by atoms with Crippen molar-refractivity contribution in [1.82, 2.24) is 5.32 Å². The molecule has 1 heterocycles. The number of nitro groups is 1. The molecule has 0 bridgehead atoms. The minimum Gasteiger partial charge on any atom is -0.493 e. The molecule has 2 N–H and O–H groups in total. The van der Waals surface area contributed by atoms with E-state index in [1.54, 1.807) is 13.2 Å². The van der Waals surface area contributed by atoms with Crippen LogP contribution in [0, 0.1) is 10.1 Å². The van der Waals surface area contributed by atoms with Gasteiger partial charge in [-0.3, -0.25) is 14.9 Å². The second kappa shape index (κ2) is 9.03. The number of nitrogens with one attached hydrogen (secondary N) is 2. The third-order valence-electron chi connectivity index (χ3n) is 4.39. The van der Waals surface area contributed by atoms with Gasteiger partial charge in [-0.25, -0.2) is 0 Å². The lowest BCUT2D eigenvalue weighted by Crippen LogP contribution is -2.32. The van der Waals surface area contributed by atoms with Gasteiger partial charge < -0.3 is 20.1 Å². The number of nitro benzene ring substituents is 1. The maximum atomic E-state index is 12.7. The monoisotopic (exact) mass is 449 g/mol. The number of benzene rings is 2. The zero-order valence-corrected chi connectivity index (χ0v) is 16.8. The summed E-state index contributed by atoms with van der Waals surface area (Å²) < 4.78 is 11.5. The van der Waals surface area contributed by atoms with Crippen LogP contribution >= 0.6 is 15.9 Å². The smallest absolute Gasteiger partial charge is 0.293 e. The minimum absolute atomic E-state index is 0.154. The molecule has 0 fully saturated rings. The zero-order chi connectivity index (χ0) is 20.1. The van der Waals surface area contributed by atoms with E-state index in [-0.39, 0.29) is 23.2 Å². The predicted molar refractivity (Wildman–Crippen MR) is 108 cm³/mol. The first kappa shape index (κ1) is 20.1. The van der Waals surface area contributed by atoms with Crippen LogP contribution in [0.1, 0.15) is 28.4 Å². The summed E-state index contributed by atoms with van der Waals surface area (Å²) in [5, 5.41) is 17.3. The third kappa shape index (κ3) is 4.60. The number of fused-ring (bicyclic) bond motifs is 1. The maximum Gasteiger partial charge on any atom is 0.293 e. The number of nitrogens with zero attached hydrogens (tertiary/aromatic N) is 1. The summed E-state index contributed by atoms with van der Waals surface area (Å²) >= 11 is 3.43. The fourth-order valence-electron chi connectivity index (χ4n) is 3.02. The van der Waals surface area contributed by atoms with Crippen LogP contribution in [0.4, 0.5) is 11.4 Å². The van der Waals surface area contributed by atoms with Gasteiger partial charge in [-0.1, -0.05) is 15.9 Å². The average Bonchev–Trinajstić information content (AvgIpc) is 2.68. The number of amides is 1. The molecule has 2 aromatic carbocycles. The molecule has 0 aromatic heterocycles. The summed E-state index contributed by atoms with van der Waals surface area (Å²) in [5.41, 5.74) is 1.30. The average molecular weight is 450 g/mol. The van der Waals surface area contributed by atoms with E-state index in [1.165, 1.54) is 12.1 Å². The molecule has 0 aliphatic carbocycles. The first-order valence-corrected chi connectivity index (χ1v) is 9.53. The topological polar surface area (TPSA) is 103 Å². The number of halogens is 1. The highest BCUT2D eigenvalue weighted by Gasteiger charge is 2.25. The molecule has 1 unspecified atom stereocenters. The number of hydrogen-bond donors (Lipinski definition) is 2. The van der Waals surface area contributed by atoms with Crippen LogP contribution in [0.5, 0.6) is 5.75 Å². The number of anilines is 1. The Morgan fingerprint density at radius 3 is 2.93 bits per heavy atom. The molecule has 1 atom stereocenters. The van der Waals surface area contributed by atoms with Crippen LogP contribution in [-0.2, 0) is 4.74 Å². The number of methoxy groups -OCH3 is 1. The number of carbonyl (C=O) groups is 1. The van der Waals surface area contributed by atoms with Crippen molar-refractivity contribution >= 4 is 33.2 Å². The molecule has 28 heavy (non-hydrogen) atoms. The van der Waals surface area contributed by atoms with Crippen molar-refractivity contribution in [3.63, 3.8) is 0 Å². The number of hydrogen-bond acceptors (Lipinski definition) is 6. The van der Waals surface area contributed by atoms with Crippen molar-refractivity contribution in [2.24, 2.45) is 0 Å². The van der Waals surface area contributed by atoms with E-state index in [1.807, 2.05) is 18.2 Å². The summed E-state index contributed by atoms with van der Waals surface area (Å²) in [7, 11) is 1.55. The summed E-state index contributed by atoms with van der Waals surface area (Å²) in [5.74, 6) is 0.354. The van der Waals surface area contributed by atoms with Gasteiger partial charge in [0, 0.05) is 41.7 Å². The SMILES string of the molecule is COCCNc1ccc(C(=O)NC2CCOc3ccc(Br)cc32)cc1[N+](=O)[O-]. The van der Waals surface area contributed by atoms with Gasteiger partial charge in [-0.05, 0) is 30.3 Å². The molecule has 8 nitrogen and oxygen atoms in total. The number of rotatable bonds is 7. The van der Waals surface area contributed by atoms with E-state index >= 15 is 0 Å². The maximum absolute atomic E-state index is 12.7. The molecule has 0 spiro atoms. The van der Waals surface area contributed by atoms with E-state index in [0.29, 0.717) is 31.9 Å². The molecule has 0 saturated heterocycles. The van der Waals surface area contributed by atoms with E-state index in [2.05, 4.69) is 26.6 Å². The van der Waals surface area contributed by atoms with Crippen molar-refractivity contribution in [2.45, 2.75) is 12.5 Å². The van der Waals surface area contributed by atoms with E-state index in [0.717, 1.165) is 15.8 Å². The zero-order valence-electron chi connectivity index (χ0n) is 15.2. The van der Waals surface area contributed by atoms with Gasteiger partial charge >= 0.3 is 0 Å². The second-order valence-electron chi connectivity index (χ2n) is 6.25. The first-order valence-electron chi connectivity index (χ1n) is 8.74. The van der Waals surface area contributed by atoms with Crippen molar-refractivity contribution < 1.29 is 19.2 Å². The molecule has 9 heteroatoms. The molecule has 2 aromatic rings. The van der Waals surface area contributed by atoms with Gasteiger partial charge in [0.1, 0.15) is 11.4 Å². The normalized spacial score (nSPS) is 15.3. The Morgan fingerprint density at radius 1 is 1.36 bits per heavy atom. The molecule has 0 saturated carbocycles. The highest BCUT2D eigenvalue weighted by molar-refractivity contribution is 9.10. The first-order chi connectivity index (χ1) is 13.5. The lowest BCUT2D eigenvalue weighted by atomic mass is 10.00. The predicted octanol–water partition coefficient (Wildman–Crippen LogP) is 3.67. The van der Waals surface area contributed by atoms with E-state index < -0.39 is 4.92 Å². The fraction of sp³-hybridized carbons (Fsp3) is 0.316. The molecule has 1 amide bonds. The highest BCUT2D eigenvalue weighted by Crippen LogP contribution is 2.34. The van der Waals surface area contributed by atoms with Gasteiger partial charge in [-0.2, -0.15) is 0 Å². The Bertz CT molecular complexity index is 890. The van der Waals surface area contributed by atoms with Gasteiger partial charge in [0.15, 0.2) is 0 Å². The van der Waals surface area contributed by atoms with Crippen molar-refractivity contribution in [1.29, 1.82) is 0 Å². The molecule has 1 aliphatic rings. The van der Waals surface area contributed by atoms with Crippen LogP contribution in [-0.4, -0.2) is 37.7 Å². The summed E-state index contributed by atoms with van der Waals surface area (Å²) in [6, 6.07) is 9.80. The fourth-order valence-corrected chi connectivity index (χ4v) is 3.40. The van der Waals surface area contributed by atoms with E-state index in [4.69, 9.17) is 9.47 Å². The Labute approximate surface area is 170 Å². The van der Waals surface area contributed by atoms with Crippen LogP contribution in [0.2, 0.25) is 0 Å². The van der Waals surface area contributed by atoms with Crippen molar-refractivity contribution in [2.75, 3.05) is 32.2 Å². The summed E-state index contributed by atoms with van der Waals surface area (Å²) in [6.45, 7) is 1.33. The summed E-state index contributed by atoms with van der Waals surface area (Å²) in [4.78, 5) is 23.6. The van der Waals surface area contributed by atoms with Gasteiger partial charge in [0.25, 0.3) is 11.6 Å². The summed E-state index contributed by atoms with van der Waals surface area (Å²) in [6.07, 6.45) is 0.619. The highest BCUT2D eigenvalue weighted by atomic mass is 79.9. The van der Waals surface area contributed by atoms with Crippen LogP contribution in [0.25, 0.3) is 0 Å².